The van der Waals surface area contributed by atoms with Crippen molar-refractivity contribution in [1.29, 1.82) is 0 Å². The van der Waals surface area contributed by atoms with E-state index in [1.54, 1.807) is 7.05 Å². The minimum Gasteiger partial charge on any atom is -0.319 e. The Bertz CT molecular complexity index is 588. The molecule has 0 unspecified atom stereocenters. The van der Waals surface area contributed by atoms with E-state index < -0.39 is 0 Å². The number of halogens is 1. The summed E-state index contributed by atoms with van der Waals surface area (Å²) in [5, 5.41) is 2.79. The van der Waals surface area contributed by atoms with Gasteiger partial charge in [-0.25, -0.2) is 0 Å². The summed E-state index contributed by atoms with van der Waals surface area (Å²) < 4.78 is 3.08. The minimum absolute atomic E-state index is 0. The molecule has 0 fully saturated rings. The minimum atomic E-state index is -0.148. The molecule has 0 atom stereocenters. The number of nitrogens with zero attached hydrogens (tertiary/aromatic N) is 2. The van der Waals surface area contributed by atoms with Gasteiger partial charge in [-0.15, -0.1) is 12.4 Å². The molecule has 0 aliphatic rings. The molecule has 0 bridgehead atoms. The number of aromatic nitrogens is 1. The van der Waals surface area contributed by atoms with Crippen molar-refractivity contribution in [1.82, 2.24) is 9.88 Å². The number of amides is 1. The first-order valence-corrected chi connectivity index (χ1v) is 5.80. The Balaban J connectivity index is 0.00000144. The van der Waals surface area contributed by atoms with E-state index in [2.05, 4.69) is 10.3 Å². The maximum absolute atomic E-state index is 11.4. The third kappa shape index (κ3) is 2.94. The predicted octanol–water partition coefficient (Wildman–Crippen LogP) is 1.31. The zero-order chi connectivity index (χ0) is 11.5. The molecule has 2 rings (SSSR count). The summed E-state index contributed by atoms with van der Waals surface area (Å²) in [7, 11) is 3.66. The third-order valence-corrected chi connectivity index (χ3v) is 3.38. The fourth-order valence-corrected chi connectivity index (χ4v) is 2.52. The maximum atomic E-state index is 11.4. The van der Waals surface area contributed by atoms with E-state index >= 15 is 0 Å². The van der Waals surface area contributed by atoms with E-state index in [1.807, 2.05) is 35.9 Å². The van der Waals surface area contributed by atoms with Crippen LogP contribution in [-0.2, 0) is 11.8 Å². The van der Waals surface area contributed by atoms with E-state index in [1.165, 1.54) is 11.3 Å². The molecule has 0 saturated heterocycles. The molecule has 4 nitrogen and oxygen atoms in total. The van der Waals surface area contributed by atoms with Crippen LogP contribution in [0.5, 0.6) is 0 Å². The number of likely N-dealkylation sites (N-methyl/N-ethyl adjacent to an activating group) is 1. The average Bonchev–Trinajstić information content (AvgIpc) is 2.57. The second kappa shape index (κ2) is 5.95. The number of hydrogen-bond donors (Lipinski definition) is 1. The highest BCUT2D eigenvalue weighted by Gasteiger charge is 2.03. The van der Waals surface area contributed by atoms with Gasteiger partial charge in [0.05, 0.1) is 16.8 Å². The smallest absolute Gasteiger partial charge is 0.262 e. The van der Waals surface area contributed by atoms with Gasteiger partial charge in [0.25, 0.3) is 5.91 Å². The van der Waals surface area contributed by atoms with Crippen LogP contribution in [-0.4, -0.2) is 24.1 Å². The van der Waals surface area contributed by atoms with Crippen molar-refractivity contribution in [3.8, 4) is 0 Å². The molecule has 1 aromatic heterocycles. The third-order valence-electron chi connectivity index (χ3n) is 2.26. The van der Waals surface area contributed by atoms with Gasteiger partial charge in [0, 0.05) is 7.05 Å². The van der Waals surface area contributed by atoms with Gasteiger partial charge in [0.1, 0.15) is 0 Å². The van der Waals surface area contributed by atoms with Crippen LogP contribution in [0.15, 0.2) is 29.3 Å². The summed E-state index contributed by atoms with van der Waals surface area (Å²) in [6, 6.07) is 8.02. The number of benzene rings is 1. The lowest BCUT2D eigenvalue weighted by molar-refractivity contribution is -0.117. The van der Waals surface area contributed by atoms with Crippen molar-refractivity contribution in [2.75, 3.05) is 13.6 Å². The molecule has 2 aromatic rings. The fraction of sp³-hybridized carbons (Fsp3) is 0.273. The predicted molar refractivity (Wildman–Crippen MR) is 72.5 cm³/mol. The van der Waals surface area contributed by atoms with E-state index in [-0.39, 0.29) is 24.9 Å². The molecule has 0 spiro atoms. The quantitative estimate of drug-likeness (QED) is 0.895. The topological polar surface area (TPSA) is 46.4 Å². The van der Waals surface area contributed by atoms with Crippen LogP contribution in [0.1, 0.15) is 0 Å². The van der Waals surface area contributed by atoms with Gasteiger partial charge in [-0.2, -0.15) is 4.99 Å². The summed E-state index contributed by atoms with van der Waals surface area (Å²) in [5.74, 6) is -0.148. The van der Waals surface area contributed by atoms with Gasteiger partial charge in [0.15, 0.2) is 4.80 Å². The lowest BCUT2D eigenvalue weighted by Crippen LogP contribution is -2.20. The van der Waals surface area contributed by atoms with Crippen LogP contribution in [0.2, 0.25) is 0 Å². The number of fused-ring (bicyclic) bond motifs is 1. The summed E-state index contributed by atoms with van der Waals surface area (Å²) in [6.07, 6.45) is 0. The Morgan fingerprint density at radius 3 is 2.82 bits per heavy atom. The summed E-state index contributed by atoms with van der Waals surface area (Å²) in [5.41, 5.74) is 1.10. The summed E-state index contributed by atoms with van der Waals surface area (Å²) >= 11 is 1.53. The van der Waals surface area contributed by atoms with E-state index in [9.17, 15) is 4.79 Å². The Morgan fingerprint density at radius 2 is 2.18 bits per heavy atom. The monoisotopic (exact) mass is 271 g/mol. The van der Waals surface area contributed by atoms with Gasteiger partial charge in [0.2, 0.25) is 0 Å². The molecule has 0 radical (unpaired) electrons. The van der Waals surface area contributed by atoms with Crippen molar-refractivity contribution in [2.45, 2.75) is 0 Å². The Hall–Kier alpha value is -1.17. The highest BCUT2D eigenvalue weighted by Crippen LogP contribution is 2.14. The molecule has 92 valence electrons. The molecule has 1 heterocycles. The van der Waals surface area contributed by atoms with Gasteiger partial charge in [-0.3, -0.25) is 4.79 Å². The molecule has 17 heavy (non-hydrogen) atoms. The number of aryl methyl sites for hydroxylation is 1. The molecular formula is C11H14ClN3OS. The molecule has 0 saturated carbocycles. The molecule has 1 amide bonds. The van der Waals surface area contributed by atoms with E-state index in [0.29, 0.717) is 0 Å². The largest absolute Gasteiger partial charge is 0.319 e. The Kier molecular flexibility index (Phi) is 4.86. The molecule has 6 heteroatoms. The summed E-state index contributed by atoms with van der Waals surface area (Å²) in [6.45, 7) is 0.272. The van der Waals surface area contributed by atoms with Crippen molar-refractivity contribution < 1.29 is 4.79 Å². The van der Waals surface area contributed by atoms with E-state index in [4.69, 9.17) is 0 Å². The average molecular weight is 272 g/mol. The number of thiazole rings is 1. The number of rotatable bonds is 2. The van der Waals surface area contributed by atoms with Gasteiger partial charge >= 0.3 is 0 Å². The zero-order valence-electron chi connectivity index (χ0n) is 9.64. The molecule has 1 N–H and O–H groups in total. The maximum Gasteiger partial charge on any atom is 0.262 e. The zero-order valence-corrected chi connectivity index (χ0v) is 11.3. The van der Waals surface area contributed by atoms with Crippen molar-refractivity contribution in [3.05, 3.63) is 29.1 Å². The number of carbonyl (C=O) groups is 1. The van der Waals surface area contributed by atoms with Crippen molar-refractivity contribution >= 4 is 39.9 Å². The second-order valence-corrected chi connectivity index (χ2v) is 4.46. The summed E-state index contributed by atoms with van der Waals surface area (Å²) in [4.78, 5) is 16.2. The molecular weight excluding hydrogens is 258 g/mol. The normalized spacial score (nSPS) is 11.5. The van der Waals surface area contributed by atoms with Crippen LogP contribution in [0, 0.1) is 0 Å². The first-order chi connectivity index (χ1) is 7.72. The molecule has 1 aromatic carbocycles. The van der Waals surface area contributed by atoms with E-state index in [0.717, 1.165) is 15.0 Å². The van der Waals surface area contributed by atoms with Gasteiger partial charge < -0.3 is 9.88 Å². The van der Waals surface area contributed by atoms with Crippen LogP contribution in [0.4, 0.5) is 0 Å². The van der Waals surface area contributed by atoms with Crippen LogP contribution < -0.4 is 10.1 Å². The SMILES string of the molecule is CNCC(=O)N=c1sc2ccccc2n1C.Cl. The van der Waals surface area contributed by atoms with Crippen molar-refractivity contribution in [3.63, 3.8) is 0 Å². The highest BCUT2D eigenvalue weighted by molar-refractivity contribution is 7.16. The standard InChI is InChI=1S/C11H13N3OS.ClH/c1-12-7-10(15)13-11-14(2)8-5-3-4-6-9(8)16-11;/h3-6,12H,7H2,1-2H3;1H. The first-order valence-electron chi connectivity index (χ1n) is 4.99. The molecule has 0 aliphatic heterocycles. The number of para-hydroxylation sites is 1. The first kappa shape index (κ1) is 13.9. The van der Waals surface area contributed by atoms with Crippen LogP contribution >= 0.6 is 23.7 Å². The Labute approximate surface area is 109 Å². The lowest BCUT2D eigenvalue weighted by Gasteiger charge is -1.94. The van der Waals surface area contributed by atoms with Gasteiger partial charge in [-0.05, 0) is 19.2 Å². The molecule has 0 aliphatic carbocycles. The lowest BCUT2D eigenvalue weighted by atomic mass is 10.3. The van der Waals surface area contributed by atoms with Crippen molar-refractivity contribution in [2.24, 2.45) is 12.0 Å². The number of nitrogens with one attached hydrogen (secondary N) is 1. The fourth-order valence-electron chi connectivity index (χ4n) is 1.49. The Morgan fingerprint density at radius 1 is 1.47 bits per heavy atom. The van der Waals surface area contributed by atoms with Crippen LogP contribution in [0.25, 0.3) is 10.2 Å². The number of hydrogen-bond acceptors (Lipinski definition) is 3. The van der Waals surface area contributed by atoms with Gasteiger partial charge in [-0.1, -0.05) is 23.5 Å². The number of carbonyl (C=O) groups excluding carboxylic acids is 1. The van der Waals surface area contributed by atoms with Crippen LogP contribution in [0.3, 0.4) is 0 Å². The second-order valence-electron chi connectivity index (χ2n) is 3.45. The highest BCUT2D eigenvalue weighted by atomic mass is 35.5.